The zero-order chi connectivity index (χ0) is 19.8. The van der Waals surface area contributed by atoms with Gasteiger partial charge in [-0.2, -0.15) is 0 Å². The number of aryl methyl sites for hydroxylation is 1. The Morgan fingerprint density at radius 2 is 1.52 bits per heavy atom. The van der Waals surface area contributed by atoms with Gasteiger partial charge in [-0.15, -0.1) is 0 Å². The number of nitrogens with one attached hydrogen (secondary N) is 3. The lowest BCUT2D eigenvalue weighted by Gasteiger charge is -2.09. The van der Waals surface area contributed by atoms with Crippen molar-refractivity contribution in [2.75, 3.05) is 5.32 Å². The Bertz CT molecular complexity index is 862. The molecule has 8 nitrogen and oxygen atoms in total. The highest BCUT2D eigenvalue weighted by Crippen LogP contribution is 2.13. The Kier molecular flexibility index (Phi) is 6.65. The summed E-state index contributed by atoms with van der Waals surface area (Å²) in [4.78, 5) is 45.8. The fraction of sp³-hybridized carbons (Fsp3) is 0.158. The maximum atomic E-state index is 12.3. The quantitative estimate of drug-likeness (QED) is 0.641. The minimum Gasteiger partial charge on any atom is -0.550 e. The Hall–Kier alpha value is -3.68. The van der Waals surface area contributed by atoms with E-state index in [0.29, 0.717) is 11.3 Å². The zero-order valence-corrected chi connectivity index (χ0v) is 14.6. The number of amides is 3. The van der Waals surface area contributed by atoms with Crippen molar-refractivity contribution in [3.05, 3.63) is 65.2 Å². The lowest BCUT2D eigenvalue weighted by Crippen LogP contribution is -2.42. The van der Waals surface area contributed by atoms with E-state index in [1.54, 1.807) is 24.3 Å². The van der Waals surface area contributed by atoms with Gasteiger partial charge in [0.25, 0.3) is 11.8 Å². The molecule has 2 aromatic carbocycles. The molecule has 0 saturated heterocycles. The van der Waals surface area contributed by atoms with Gasteiger partial charge >= 0.3 is 0 Å². The molecule has 2 rings (SSSR count). The third-order valence-corrected chi connectivity index (χ3v) is 3.67. The van der Waals surface area contributed by atoms with Gasteiger partial charge in [0.05, 0.1) is 0 Å². The Morgan fingerprint density at radius 3 is 2.15 bits per heavy atom. The molecule has 0 aliphatic rings. The van der Waals surface area contributed by atoms with Gasteiger partial charge in [0.1, 0.15) is 0 Å². The van der Waals surface area contributed by atoms with Crippen LogP contribution in [0.4, 0.5) is 5.69 Å². The first-order valence-electron chi connectivity index (χ1n) is 8.13. The number of carboxylic acids is 1. The van der Waals surface area contributed by atoms with Gasteiger partial charge in [-0.3, -0.25) is 25.2 Å². The molecule has 0 aromatic heterocycles. The van der Waals surface area contributed by atoms with E-state index >= 15 is 0 Å². The second-order valence-electron chi connectivity index (χ2n) is 5.72. The summed E-state index contributed by atoms with van der Waals surface area (Å²) >= 11 is 0. The number of hydrogen-bond acceptors (Lipinski definition) is 5. The molecule has 0 radical (unpaired) electrons. The summed E-state index contributed by atoms with van der Waals surface area (Å²) in [5.74, 6) is -2.83. The fourth-order valence-electron chi connectivity index (χ4n) is 2.21. The zero-order valence-electron chi connectivity index (χ0n) is 14.6. The van der Waals surface area contributed by atoms with Crippen LogP contribution in [0, 0.1) is 6.92 Å². The highest BCUT2D eigenvalue weighted by Gasteiger charge is 2.10. The number of carbonyl (C=O) groups is 4. The van der Waals surface area contributed by atoms with Gasteiger partial charge in [0.15, 0.2) is 0 Å². The normalized spacial score (nSPS) is 9.96. The van der Waals surface area contributed by atoms with Gasteiger partial charge < -0.3 is 15.2 Å². The molecule has 0 aliphatic carbocycles. The molecule has 0 bridgehead atoms. The van der Waals surface area contributed by atoms with Crippen molar-refractivity contribution >= 4 is 29.4 Å². The van der Waals surface area contributed by atoms with E-state index in [1.807, 2.05) is 19.1 Å². The van der Waals surface area contributed by atoms with Crippen molar-refractivity contribution in [2.45, 2.75) is 19.8 Å². The summed E-state index contributed by atoms with van der Waals surface area (Å²) in [5, 5.41) is 13.0. The van der Waals surface area contributed by atoms with Gasteiger partial charge in [-0.1, -0.05) is 18.2 Å². The van der Waals surface area contributed by atoms with E-state index in [-0.39, 0.29) is 17.9 Å². The Morgan fingerprint density at radius 1 is 0.852 bits per heavy atom. The number of carboxylic acid groups (broad SMARTS) is 1. The van der Waals surface area contributed by atoms with Crippen LogP contribution in [0.1, 0.15) is 39.1 Å². The van der Waals surface area contributed by atoms with E-state index in [4.69, 9.17) is 0 Å². The lowest BCUT2D eigenvalue weighted by molar-refractivity contribution is -0.305. The van der Waals surface area contributed by atoms with Crippen LogP contribution in [0.15, 0.2) is 48.5 Å². The van der Waals surface area contributed by atoms with Crippen LogP contribution < -0.4 is 21.3 Å². The third-order valence-electron chi connectivity index (χ3n) is 3.67. The number of aliphatic carboxylic acids is 1. The molecule has 0 fully saturated rings. The summed E-state index contributed by atoms with van der Waals surface area (Å²) in [7, 11) is 0. The molecule has 0 atom stereocenters. The molecule has 8 heteroatoms. The van der Waals surface area contributed by atoms with Gasteiger partial charge in [0, 0.05) is 29.2 Å². The minimum atomic E-state index is -1.35. The summed E-state index contributed by atoms with van der Waals surface area (Å²) < 4.78 is 0. The Labute approximate surface area is 155 Å². The molecule has 0 spiro atoms. The number of carbonyl (C=O) groups excluding carboxylic acids is 4. The maximum absolute atomic E-state index is 12.3. The van der Waals surface area contributed by atoms with Crippen LogP contribution in [0.25, 0.3) is 0 Å². The Balaban J connectivity index is 1.90. The van der Waals surface area contributed by atoms with Crippen molar-refractivity contribution in [3.8, 4) is 0 Å². The standard InChI is InChI=1S/C19H19N3O5/c1-12-4-2-3-5-15(12)19(27)20-14-8-6-13(7-9-14)18(26)22-21-16(23)10-11-17(24)25/h2-9H,10-11H2,1H3,(H,20,27)(H,21,23)(H,22,26)(H,24,25)/p-1. The minimum absolute atomic E-state index is 0.254. The van der Waals surface area contributed by atoms with Gasteiger partial charge in [0.2, 0.25) is 5.91 Å². The topological polar surface area (TPSA) is 127 Å². The van der Waals surface area contributed by atoms with E-state index in [0.717, 1.165) is 5.56 Å². The highest BCUT2D eigenvalue weighted by atomic mass is 16.4. The van der Waals surface area contributed by atoms with Crippen LogP contribution in [0.5, 0.6) is 0 Å². The van der Waals surface area contributed by atoms with Crippen molar-refractivity contribution in [1.29, 1.82) is 0 Å². The van der Waals surface area contributed by atoms with Crippen molar-refractivity contribution in [2.24, 2.45) is 0 Å². The average Bonchev–Trinajstić information content (AvgIpc) is 2.65. The molecule has 0 saturated carbocycles. The summed E-state index contributed by atoms with van der Waals surface area (Å²) in [5.41, 5.74) is 6.46. The number of hydrogen-bond donors (Lipinski definition) is 3. The van der Waals surface area contributed by atoms with Crippen LogP contribution in [-0.4, -0.2) is 23.7 Å². The smallest absolute Gasteiger partial charge is 0.269 e. The van der Waals surface area contributed by atoms with Crippen LogP contribution in [0.2, 0.25) is 0 Å². The second kappa shape index (κ2) is 9.14. The molecule has 27 heavy (non-hydrogen) atoms. The maximum Gasteiger partial charge on any atom is 0.269 e. The van der Waals surface area contributed by atoms with E-state index in [2.05, 4.69) is 16.2 Å². The van der Waals surface area contributed by atoms with E-state index in [9.17, 15) is 24.3 Å². The molecule has 140 valence electrons. The molecule has 0 unspecified atom stereocenters. The monoisotopic (exact) mass is 368 g/mol. The first-order valence-corrected chi connectivity index (χ1v) is 8.13. The van der Waals surface area contributed by atoms with Crippen LogP contribution >= 0.6 is 0 Å². The number of rotatable bonds is 6. The van der Waals surface area contributed by atoms with E-state index < -0.39 is 24.2 Å². The molecular weight excluding hydrogens is 350 g/mol. The van der Waals surface area contributed by atoms with Gasteiger partial charge in [-0.05, 0) is 49.2 Å². The van der Waals surface area contributed by atoms with Gasteiger partial charge in [-0.25, -0.2) is 0 Å². The molecule has 0 aliphatic heterocycles. The SMILES string of the molecule is Cc1ccccc1C(=O)Nc1ccc(C(=O)NNC(=O)CCC(=O)[O-])cc1. The molecule has 2 aromatic rings. The summed E-state index contributed by atoms with van der Waals surface area (Å²) in [6.07, 6.45) is -0.733. The molecule has 0 heterocycles. The first-order chi connectivity index (χ1) is 12.9. The number of benzene rings is 2. The fourth-order valence-corrected chi connectivity index (χ4v) is 2.21. The van der Waals surface area contributed by atoms with Crippen molar-refractivity contribution in [1.82, 2.24) is 10.9 Å². The first kappa shape index (κ1) is 19.6. The molecule has 3 N–H and O–H groups in total. The number of hydrazine groups is 1. The van der Waals surface area contributed by atoms with Crippen LogP contribution in [-0.2, 0) is 9.59 Å². The van der Waals surface area contributed by atoms with E-state index in [1.165, 1.54) is 12.1 Å². The summed E-state index contributed by atoms with van der Waals surface area (Å²) in [6.45, 7) is 1.84. The second-order valence-corrected chi connectivity index (χ2v) is 5.72. The predicted molar refractivity (Wildman–Crippen MR) is 95.4 cm³/mol. The highest BCUT2D eigenvalue weighted by molar-refractivity contribution is 6.05. The lowest BCUT2D eigenvalue weighted by atomic mass is 10.1. The molecular formula is C19H18N3O5-. The average molecular weight is 368 g/mol. The third kappa shape index (κ3) is 5.96. The number of anilines is 1. The van der Waals surface area contributed by atoms with Crippen molar-refractivity contribution in [3.63, 3.8) is 0 Å². The predicted octanol–water partition coefficient (Wildman–Crippen LogP) is 0.538. The van der Waals surface area contributed by atoms with Crippen LogP contribution in [0.3, 0.4) is 0 Å². The molecule has 3 amide bonds. The largest absolute Gasteiger partial charge is 0.550 e. The van der Waals surface area contributed by atoms with Crippen molar-refractivity contribution < 1.29 is 24.3 Å². The summed E-state index contributed by atoms with van der Waals surface area (Å²) in [6, 6.07) is 13.3.